The van der Waals surface area contributed by atoms with Crippen LogP contribution in [0.5, 0.6) is 0 Å². The van der Waals surface area contributed by atoms with Gasteiger partial charge in [0.2, 0.25) is 0 Å². The zero-order chi connectivity index (χ0) is 14.7. The number of hydrogen-bond acceptors (Lipinski definition) is 1. The summed E-state index contributed by atoms with van der Waals surface area (Å²) in [5.74, 6) is 0. The van der Waals surface area contributed by atoms with Gasteiger partial charge in [-0.3, -0.25) is 0 Å². The lowest BCUT2D eigenvalue weighted by Gasteiger charge is -2.02. The Kier molecular flexibility index (Phi) is 18.4. The number of nitrogens with one attached hydrogen (secondary N) is 1. The average Bonchev–Trinajstić information content (AvgIpc) is 2.47. The number of hydrogen-bond donors (Lipinski definition) is 1. The van der Waals surface area contributed by atoms with Gasteiger partial charge in [-0.05, 0) is 19.9 Å². The van der Waals surface area contributed by atoms with E-state index in [1.807, 2.05) is 7.05 Å². The minimum atomic E-state index is 1.01. The molecule has 0 aromatic heterocycles. The highest BCUT2D eigenvalue weighted by atomic mass is 14.8. The van der Waals surface area contributed by atoms with Crippen LogP contribution in [-0.2, 0) is 0 Å². The van der Waals surface area contributed by atoms with Crippen molar-refractivity contribution in [2.75, 3.05) is 13.6 Å². The lowest BCUT2D eigenvalue weighted by atomic mass is 10.0. The summed E-state index contributed by atoms with van der Waals surface area (Å²) in [6, 6.07) is 0. The van der Waals surface area contributed by atoms with Crippen LogP contribution in [0.25, 0.3) is 0 Å². The fraction of sp³-hybridized carbons (Fsp3) is 0.895. The molecule has 0 rings (SSSR count). The first-order chi connectivity index (χ1) is 9.91. The van der Waals surface area contributed by atoms with Gasteiger partial charge in [-0.25, -0.2) is 0 Å². The maximum Gasteiger partial charge on any atom is 0.0131 e. The number of unbranched alkanes of at least 4 members (excludes halogenated alkanes) is 13. The summed E-state index contributed by atoms with van der Waals surface area (Å²) in [5.41, 5.74) is 0. The number of likely N-dealkylation sites (N-methyl/N-ethyl adjacent to an activating group) is 1. The Hall–Kier alpha value is -0.300. The molecule has 0 aliphatic carbocycles. The molecule has 0 aromatic rings. The van der Waals surface area contributed by atoms with Gasteiger partial charge in [-0.2, -0.15) is 0 Å². The van der Waals surface area contributed by atoms with Crippen LogP contribution in [-0.4, -0.2) is 13.6 Å². The predicted molar refractivity (Wildman–Crippen MR) is 93.4 cm³/mol. The lowest BCUT2D eigenvalue weighted by Crippen LogP contribution is -2.03. The quantitative estimate of drug-likeness (QED) is 0.261. The van der Waals surface area contributed by atoms with Gasteiger partial charge in [-0.15, -0.1) is 0 Å². The summed E-state index contributed by atoms with van der Waals surface area (Å²) < 4.78 is 0. The van der Waals surface area contributed by atoms with Crippen LogP contribution in [0.4, 0.5) is 0 Å². The van der Waals surface area contributed by atoms with Crippen molar-refractivity contribution in [1.29, 1.82) is 0 Å². The topological polar surface area (TPSA) is 12.0 Å². The molecule has 0 heterocycles. The van der Waals surface area contributed by atoms with Gasteiger partial charge < -0.3 is 5.32 Å². The Balaban J connectivity index is 2.96. The van der Waals surface area contributed by atoms with E-state index in [4.69, 9.17) is 0 Å². The Morgan fingerprint density at radius 3 is 1.50 bits per heavy atom. The van der Waals surface area contributed by atoms with Gasteiger partial charge in [0.05, 0.1) is 0 Å². The molecule has 0 fully saturated rings. The third-order valence-electron chi connectivity index (χ3n) is 3.96. The smallest absolute Gasteiger partial charge is 0.0131 e. The Bertz CT molecular complexity index is 186. The van der Waals surface area contributed by atoms with E-state index >= 15 is 0 Å². The molecule has 0 aromatic carbocycles. The van der Waals surface area contributed by atoms with Crippen molar-refractivity contribution in [2.24, 2.45) is 0 Å². The van der Waals surface area contributed by atoms with E-state index < -0.39 is 0 Å². The van der Waals surface area contributed by atoms with E-state index in [2.05, 4.69) is 24.4 Å². The molecule has 1 nitrogen and oxygen atoms in total. The SMILES string of the molecule is CCCCCCCCCCCCCCCC=CCNC. The van der Waals surface area contributed by atoms with Crippen LogP contribution in [0, 0.1) is 0 Å². The van der Waals surface area contributed by atoms with Crippen molar-refractivity contribution in [3.8, 4) is 0 Å². The second-order valence-electron chi connectivity index (χ2n) is 6.06. The normalized spacial score (nSPS) is 11.5. The van der Waals surface area contributed by atoms with Crippen LogP contribution >= 0.6 is 0 Å². The number of allylic oxidation sites excluding steroid dienone is 1. The summed E-state index contributed by atoms with van der Waals surface area (Å²) in [7, 11) is 2.00. The lowest BCUT2D eigenvalue weighted by molar-refractivity contribution is 0.540. The van der Waals surface area contributed by atoms with Crippen molar-refractivity contribution in [3.63, 3.8) is 0 Å². The molecule has 1 N–H and O–H groups in total. The van der Waals surface area contributed by atoms with Gasteiger partial charge in [0.15, 0.2) is 0 Å². The van der Waals surface area contributed by atoms with E-state index in [1.165, 1.54) is 89.9 Å². The first-order valence-electron chi connectivity index (χ1n) is 9.21. The van der Waals surface area contributed by atoms with Crippen molar-refractivity contribution in [2.45, 2.75) is 96.8 Å². The second-order valence-corrected chi connectivity index (χ2v) is 6.06. The zero-order valence-corrected chi connectivity index (χ0v) is 14.3. The minimum Gasteiger partial charge on any atom is -0.316 e. The maximum absolute atomic E-state index is 3.13. The Labute approximate surface area is 128 Å². The Morgan fingerprint density at radius 2 is 1.05 bits per heavy atom. The monoisotopic (exact) mass is 281 g/mol. The fourth-order valence-electron chi connectivity index (χ4n) is 2.60. The van der Waals surface area contributed by atoms with Gasteiger partial charge in [-0.1, -0.05) is 96.1 Å². The van der Waals surface area contributed by atoms with E-state index in [-0.39, 0.29) is 0 Å². The maximum atomic E-state index is 3.13. The van der Waals surface area contributed by atoms with Crippen LogP contribution in [0.1, 0.15) is 96.8 Å². The highest BCUT2D eigenvalue weighted by Gasteiger charge is 1.93. The molecule has 0 spiro atoms. The van der Waals surface area contributed by atoms with Gasteiger partial charge >= 0.3 is 0 Å². The Morgan fingerprint density at radius 1 is 0.600 bits per heavy atom. The molecular weight excluding hydrogens is 242 g/mol. The highest BCUT2D eigenvalue weighted by Crippen LogP contribution is 2.12. The van der Waals surface area contributed by atoms with Crippen LogP contribution in [0.15, 0.2) is 12.2 Å². The summed E-state index contributed by atoms with van der Waals surface area (Å²) in [4.78, 5) is 0. The summed E-state index contributed by atoms with van der Waals surface area (Å²) in [5, 5.41) is 3.13. The van der Waals surface area contributed by atoms with Crippen molar-refractivity contribution in [3.05, 3.63) is 12.2 Å². The van der Waals surface area contributed by atoms with Crippen molar-refractivity contribution in [1.82, 2.24) is 5.32 Å². The molecule has 0 aliphatic heterocycles. The molecule has 120 valence electrons. The van der Waals surface area contributed by atoms with E-state index in [0.717, 1.165) is 6.54 Å². The first-order valence-corrected chi connectivity index (χ1v) is 9.21. The fourth-order valence-corrected chi connectivity index (χ4v) is 2.60. The predicted octanol–water partition coefficient (Wildman–Crippen LogP) is 6.24. The van der Waals surface area contributed by atoms with E-state index in [9.17, 15) is 0 Å². The van der Waals surface area contributed by atoms with Crippen molar-refractivity contribution >= 4 is 0 Å². The molecule has 0 radical (unpaired) electrons. The molecule has 0 saturated heterocycles. The molecule has 20 heavy (non-hydrogen) atoms. The molecule has 0 atom stereocenters. The highest BCUT2D eigenvalue weighted by molar-refractivity contribution is 4.82. The summed E-state index contributed by atoms with van der Waals surface area (Å²) in [6.07, 6.45) is 24.6. The van der Waals surface area contributed by atoms with E-state index in [1.54, 1.807) is 0 Å². The minimum absolute atomic E-state index is 1.01. The number of rotatable bonds is 16. The largest absolute Gasteiger partial charge is 0.316 e. The molecule has 0 amide bonds. The molecule has 0 saturated carbocycles. The molecule has 1 heteroatoms. The average molecular weight is 282 g/mol. The van der Waals surface area contributed by atoms with Gasteiger partial charge in [0.25, 0.3) is 0 Å². The first kappa shape index (κ1) is 19.7. The third-order valence-corrected chi connectivity index (χ3v) is 3.96. The summed E-state index contributed by atoms with van der Waals surface area (Å²) in [6.45, 7) is 3.30. The van der Waals surface area contributed by atoms with Crippen LogP contribution < -0.4 is 5.32 Å². The van der Waals surface area contributed by atoms with Crippen LogP contribution in [0.3, 0.4) is 0 Å². The molecular formula is C19H39N. The van der Waals surface area contributed by atoms with Crippen LogP contribution in [0.2, 0.25) is 0 Å². The third kappa shape index (κ3) is 17.7. The summed E-state index contributed by atoms with van der Waals surface area (Å²) >= 11 is 0. The second kappa shape index (κ2) is 18.7. The zero-order valence-electron chi connectivity index (χ0n) is 14.3. The molecule has 0 bridgehead atoms. The van der Waals surface area contributed by atoms with E-state index in [0.29, 0.717) is 0 Å². The van der Waals surface area contributed by atoms with Crippen molar-refractivity contribution < 1.29 is 0 Å². The molecule has 0 aliphatic rings. The molecule has 0 unspecified atom stereocenters. The van der Waals surface area contributed by atoms with Gasteiger partial charge in [0, 0.05) is 6.54 Å². The van der Waals surface area contributed by atoms with Gasteiger partial charge in [0.1, 0.15) is 0 Å². The standard InChI is InChI=1S/C19H39N/c1-3-4-5-6-7-8-9-10-11-12-13-14-15-16-17-18-19-20-2/h17-18,20H,3-16,19H2,1-2H3.